The van der Waals surface area contributed by atoms with Gasteiger partial charge in [-0.3, -0.25) is 4.40 Å². The second-order valence-corrected chi connectivity index (χ2v) is 8.10. The van der Waals surface area contributed by atoms with Gasteiger partial charge in [-0.2, -0.15) is 5.26 Å². The largest absolute Gasteiger partial charge is 0.355 e. The average Bonchev–Trinajstić information content (AvgIpc) is 3.33. The zero-order valence-corrected chi connectivity index (χ0v) is 16.3. The lowest BCUT2D eigenvalue weighted by molar-refractivity contribution is 0.315. The monoisotopic (exact) mass is 366 g/mol. The van der Waals surface area contributed by atoms with Gasteiger partial charge in [-0.15, -0.1) is 11.3 Å². The molecule has 26 heavy (non-hydrogen) atoms. The summed E-state index contributed by atoms with van der Waals surface area (Å²) in [6.45, 7) is 5.97. The molecule has 1 aliphatic rings. The molecule has 4 rings (SSSR count). The Hall–Kier alpha value is -2.43. The van der Waals surface area contributed by atoms with Crippen LogP contribution in [0.3, 0.4) is 0 Å². The van der Waals surface area contributed by atoms with E-state index < -0.39 is 0 Å². The summed E-state index contributed by atoms with van der Waals surface area (Å²) in [6.07, 6.45) is 4.85. The van der Waals surface area contributed by atoms with Crippen molar-refractivity contribution in [3.8, 4) is 17.3 Å². The van der Waals surface area contributed by atoms with Crippen LogP contribution in [0.4, 0.5) is 5.82 Å². The van der Waals surface area contributed by atoms with Crippen LogP contribution in [-0.2, 0) is 0 Å². The first-order valence-electron chi connectivity index (χ1n) is 8.75. The molecule has 6 nitrogen and oxygen atoms in total. The Morgan fingerprint density at radius 1 is 1.35 bits per heavy atom. The fourth-order valence-electron chi connectivity index (χ4n) is 3.83. The fourth-order valence-corrected chi connectivity index (χ4v) is 4.43. The molecular formula is C19H22N6S. The van der Waals surface area contributed by atoms with Gasteiger partial charge in [-0.05, 0) is 39.9 Å². The Kier molecular flexibility index (Phi) is 4.17. The minimum atomic E-state index is 0.523. The van der Waals surface area contributed by atoms with Crippen LogP contribution in [0.15, 0.2) is 17.8 Å². The molecule has 3 aromatic heterocycles. The number of imidazole rings is 1. The lowest BCUT2D eigenvalue weighted by Crippen LogP contribution is -2.32. The third-order valence-corrected chi connectivity index (χ3v) is 6.02. The molecule has 0 aromatic carbocycles. The predicted molar refractivity (Wildman–Crippen MR) is 105 cm³/mol. The molecule has 7 heteroatoms. The summed E-state index contributed by atoms with van der Waals surface area (Å²) in [5.41, 5.74) is 4.31. The molecule has 0 unspecified atom stereocenters. The van der Waals surface area contributed by atoms with Crippen molar-refractivity contribution in [2.45, 2.75) is 26.3 Å². The van der Waals surface area contributed by atoms with Crippen LogP contribution in [0, 0.1) is 25.2 Å². The van der Waals surface area contributed by atoms with Gasteiger partial charge in [-0.25, -0.2) is 9.97 Å². The van der Waals surface area contributed by atoms with E-state index in [0.717, 1.165) is 52.8 Å². The SMILES string of the molecule is Cc1nc(-c2c(C)c(C#N)c3nccn3c2N2CC[C@H](N(C)C)C2)cs1. The van der Waals surface area contributed by atoms with E-state index in [9.17, 15) is 5.26 Å². The number of fused-ring (bicyclic) bond motifs is 1. The quantitative estimate of drug-likeness (QED) is 0.713. The van der Waals surface area contributed by atoms with Crippen molar-refractivity contribution < 1.29 is 0 Å². The van der Waals surface area contributed by atoms with Crippen LogP contribution in [0.5, 0.6) is 0 Å². The summed E-state index contributed by atoms with van der Waals surface area (Å²) in [6, 6.07) is 2.87. The van der Waals surface area contributed by atoms with Crippen LogP contribution >= 0.6 is 11.3 Å². The number of aryl methyl sites for hydroxylation is 1. The van der Waals surface area contributed by atoms with Gasteiger partial charge in [-0.1, -0.05) is 0 Å². The van der Waals surface area contributed by atoms with Crippen LogP contribution in [0.1, 0.15) is 22.6 Å². The Labute approximate surface area is 157 Å². The third kappa shape index (κ3) is 2.57. The zero-order valence-electron chi connectivity index (χ0n) is 15.5. The molecule has 0 bridgehead atoms. The highest BCUT2D eigenvalue weighted by Gasteiger charge is 2.30. The van der Waals surface area contributed by atoms with Crippen LogP contribution in [0.2, 0.25) is 0 Å². The summed E-state index contributed by atoms with van der Waals surface area (Å²) < 4.78 is 2.06. The normalized spacial score (nSPS) is 17.4. The maximum atomic E-state index is 9.74. The standard InChI is InChI=1S/C19H22N6S/c1-12-15(9-20)18-21-6-8-25(18)19(17(12)16-11-26-13(2)22-16)24-7-5-14(10-24)23(3)4/h6,8,11,14H,5,7,10H2,1-4H3/t14-/m0/s1. The van der Waals surface area contributed by atoms with E-state index in [2.05, 4.69) is 44.7 Å². The van der Waals surface area contributed by atoms with E-state index in [0.29, 0.717) is 11.6 Å². The number of thiazole rings is 1. The lowest BCUT2D eigenvalue weighted by atomic mass is 10.0. The second kappa shape index (κ2) is 6.38. The molecule has 0 spiro atoms. The first-order chi connectivity index (χ1) is 12.5. The number of hydrogen-bond donors (Lipinski definition) is 0. The molecule has 0 radical (unpaired) electrons. The molecule has 1 saturated heterocycles. The van der Waals surface area contributed by atoms with Crippen molar-refractivity contribution in [3.05, 3.63) is 33.9 Å². The topological polar surface area (TPSA) is 60.5 Å². The number of likely N-dealkylation sites (N-methyl/N-ethyl adjacent to an activating group) is 1. The molecule has 4 heterocycles. The number of hydrogen-bond acceptors (Lipinski definition) is 6. The molecule has 1 atom stereocenters. The lowest BCUT2D eigenvalue weighted by Gasteiger charge is -2.26. The highest BCUT2D eigenvalue weighted by molar-refractivity contribution is 7.09. The van der Waals surface area contributed by atoms with Gasteiger partial charge in [0.2, 0.25) is 0 Å². The number of pyridine rings is 1. The van der Waals surface area contributed by atoms with Gasteiger partial charge < -0.3 is 9.80 Å². The summed E-state index contributed by atoms with van der Waals surface area (Å²) >= 11 is 1.64. The molecule has 0 N–H and O–H groups in total. The smallest absolute Gasteiger partial charge is 0.156 e. The fraction of sp³-hybridized carbons (Fsp3) is 0.421. The predicted octanol–water partition coefficient (Wildman–Crippen LogP) is 3.09. The Bertz CT molecular complexity index is 1010. The van der Waals surface area contributed by atoms with Crippen LogP contribution in [0.25, 0.3) is 16.9 Å². The van der Waals surface area contributed by atoms with E-state index in [1.54, 1.807) is 17.5 Å². The van der Waals surface area contributed by atoms with Crippen molar-refractivity contribution in [2.24, 2.45) is 0 Å². The summed E-state index contributed by atoms with van der Waals surface area (Å²) in [5, 5.41) is 12.9. The number of anilines is 1. The van der Waals surface area contributed by atoms with Gasteiger partial charge >= 0.3 is 0 Å². The zero-order chi connectivity index (χ0) is 18.4. The first kappa shape index (κ1) is 17.0. The molecule has 1 aliphatic heterocycles. The Morgan fingerprint density at radius 3 is 2.77 bits per heavy atom. The molecule has 1 fully saturated rings. The van der Waals surface area contributed by atoms with E-state index in [-0.39, 0.29) is 0 Å². The molecular weight excluding hydrogens is 344 g/mol. The van der Waals surface area contributed by atoms with Crippen molar-refractivity contribution in [1.82, 2.24) is 19.3 Å². The molecule has 134 valence electrons. The first-order valence-corrected chi connectivity index (χ1v) is 9.62. The van der Waals surface area contributed by atoms with E-state index >= 15 is 0 Å². The van der Waals surface area contributed by atoms with Crippen molar-refractivity contribution in [2.75, 3.05) is 32.1 Å². The molecule has 0 saturated carbocycles. The Morgan fingerprint density at radius 2 is 2.15 bits per heavy atom. The van der Waals surface area contributed by atoms with Gasteiger partial charge in [0.15, 0.2) is 5.65 Å². The van der Waals surface area contributed by atoms with Crippen LogP contribution < -0.4 is 4.90 Å². The van der Waals surface area contributed by atoms with Gasteiger partial charge in [0, 0.05) is 42.5 Å². The average molecular weight is 366 g/mol. The van der Waals surface area contributed by atoms with Crippen molar-refractivity contribution in [1.29, 1.82) is 5.26 Å². The van der Waals surface area contributed by atoms with Gasteiger partial charge in [0.1, 0.15) is 11.9 Å². The maximum Gasteiger partial charge on any atom is 0.156 e. The van der Waals surface area contributed by atoms with Crippen molar-refractivity contribution in [3.63, 3.8) is 0 Å². The second-order valence-electron chi connectivity index (χ2n) is 7.04. The highest BCUT2D eigenvalue weighted by atomic mass is 32.1. The minimum Gasteiger partial charge on any atom is -0.355 e. The summed E-state index contributed by atoms with van der Waals surface area (Å²) in [5.74, 6) is 1.10. The minimum absolute atomic E-state index is 0.523. The highest BCUT2D eigenvalue weighted by Crippen LogP contribution is 2.39. The third-order valence-electron chi connectivity index (χ3n) is 5.25. The number of aromatic nitrogens is 3. The van der Waals surface area contributed by atoms with E-state index in [4.69, 9.17) is 4.98 Å². The van der Waals surface area contributed by atoms with E-state index in [1.807, 2.05) is 20.0 Å². The molecule has 3 aromatic rings. The molecule has 0 amide bonds. The van der Waals surface area contributed by atoms with Gasteiger partial charge in [0.25, 0.3) is 0 Å². The van der Waals surface area contributed by atoms with Gasteiger partial charge in [0.05, 0.1) is 16.3 Å². The van der Waals surface area contributed by atoms with Crippen LogP contribution in [-0.4, -0.2) is 52.5 Å². The summed E-state index contributed by atoms with van der Waals surface area (Å²) in [7, 11) is 4.27. The van der Waals surface area contributed by atoms with Crippen molar-refractivity contribution >= 4 is 22.8 Å². The number of nitrogens with zero attached hydrogens (tertiary/aromatic N) is 6. The van der Waals surface area contributed by atoms with E-state index in [1.165, 1.54) is 0 Å². The number of nitriles is 1. The summed E-state index contributed by atoms with van der Waals surface area (Å²) in [4.78, 5) is 13.9. The molecule has 0 aliphatic carbocycles. The Balaban J connectivity index is 1.99. The number of rotatable bonds is 3. The maximum absolute atomic E-state index is 9.74.